The first-order valence-electron chi connectivity index (χ1n) is 9.29. The van der Waals surface area contributed by atoms with Crippen LogP contribution < -0.4 is 10.6 Å². The van der Waals surface area contributed by atoms with Gasteiger partial charge in [-0.3, -0.25) is 9.59 Å². The Bertz CT molecular complexity index is 922. The fourth-order valence-electron chi connectivity index (χ4n) is 3.57. The van der Waals surface area contributed by atoms with Crippen molar-refractivity contribution in [1.82, 2.24) is 15.1 Å². The van der Waals surface area contributed by atoms with Gasteiger partial charge in [-0.1, -0.05) is 0 Å². The van der Waals surface area contributed by atoms with Crippen LogP contribution in [0.2, 0.25) is 0 Å². The van der Waals surface area contributed by atoms with Gasteiger partial charge in [-0.05, 0) is 44.2 Å². The monoisotopic (exact) mass is 382 g/mol. The zero-order chi connectivity index (χ0) is 19.8. The largest absolute Gasteiger partial charge is 0.464 e. The summed E-state index contributed by atoms with van der Waals surface area (Å²) in [5.74, 6) is 0.133. The molecule has 1 fully saturated rings. The molecule has 3 heterocycles. The second-order valence-corrected chi connectivity index (χ2v) is 7.29. The van der Waals surface area contributed by atoms with Gasteiger partial charge in [-0.25, -0.2) is 4.79 Å². The maximum atomic E-state index is 13.2. The van der Waals surface area contributed by atoms with Gasteiger partial charge in [0.15, 0.2) is 0 Å². The van der Waals surface area contributed by atoms with E-state index in [2.05, 4.69) is 10.6 Å². The Kier molecular flexibility index (Phi) is 4.54. The van der Waals surface area contributed by atoms with Crippen molar-refractivity contribution in [2.45, 2.75) is 25.9 Å². The third kappa shape index (κ3) is 3.21. The summed E-state index contributed by atoms with van der Waals surface area (Å²) in [6.07, 6.45) is 1.57. The maximum Gasteiger partial charge on any atom is 0.317 e. The van der Waals surface area contributed by atoms with Crippen molar-refractivity contribution >= 4 is 23.5 Å². The summed E-state index contributed by atoms with van der Waals surface area (Å²) in [5.41, 5.74) is 1.66. The Morgan fingerprint density at radius 1 is 1.25 bits per heavy atom. The quantitative estimate of drug-likeness (QED) is 0.832. The summed E-state index contributed by atoms with van der Waals surface area (Å²) in [6, 6.07) is 7.90. The van der Waals surface area contributed by atoms with Crippen LogP contribution in [0.15, 0.2) is 41.0 Å². The van der Waals surface area contributed by atoms with Crippen LogP contribution in [0.3, 0.4) is 0 Å². The fraction of sp³-hybridized carbons (Fsp3) is 0.350. The number of benzene rings is 1. The van der Waals surface area contributed by atoms with Crippen molar-refractivity contribution < 1.29 is 18.8 Å². The second kappa shape index (κ2) is 7.03. The first-order chi connectivity index (χ1) is 13.4. The highest BCUT2D eigenvalue weighted by atomic mass is 16.3. The summed E-state index contributed by atoms with van der Waals surface area (Å²) in [6.45, 7) is 4.59. The minimum Gasteiger partial charge on any atom is -0.464 e. The molecule has 1 atom stereocenters. The molecule has 2 N–H and O–H groups in total. The number of fused-ring (bicyclic) bond motifs is 2. The maximum absolute atomic E-state index is 13.2. The molecule has 0 radical (unpaired) electrons. The molecule has 1 aromatic heterocycles. The Morgan fingerprint density at radius 2 is 2.07 bits per heavy atom. The lowest BCUT2D eigenvalue weighted by molar-refractivity contribution is -0.121. The third-order valence-electron chi connectivity index (χ3n) is 4.96. The Labute approximate surface area is 162 Å². The molecule has 2 aliphatic rings. The minimum atomic E-state index is -0.723. The van der Waals surface area contributed by atoms with Crippen molar-refractivity contribution in [3.05, 3.63) is 42.2 Å². The van der Waals surface area contributed by atoms with E-state index in [4.69, 9.17) is 4.42 Å². The van der Waals surface area contributed by atoms with Crippen molar-refractivity contribution in [2.24, 2.45) is 0 Å². The highest BCUT2D eigenvalue weighted by Crippen LogP contribution is 2.30. The van der Waals surface area contributed by atoms with Gasteiger partial charge in [0, 0.05) is 24.7 Å². The molecule has 4 rings (SSSR count). The van der Waals surface area contributed by atoms with Gasteiger partial charge in [-0.2, -0.15) is 0 Å². The average Bonchev–Trinajstić information content (AvgIpc) is 3.18. The number of furan rings is 1. The lowest BCUT2D eigenvalue weighted by atomic mass is 10.1. The molecular formula is C20H22N4O4. The summed E-state index contributed by atoms with van der Waals surface area (Å²) >= 11 is 0. The number of anilines is 1. The highest BCUT2D eigenvalue weighted by molar-refractivity contribution is 6.10. The lowest BCUT2D eigenvalue weighted by Gasteiger charge is -2.39. The van der Waals surface area contributed by atoms with Crippen LogP contribution in [0.5, 0.6) is 0 Å². The van der Waals surface area contributed by atoms with Crippen LogP contribution in [0, 0.1) is 0 Å². The first kappa shape index (κ1) is 18.1. The van der Waals surface area contributed by atoms with Gasteiger partial charge in [0.25, 0.3) is 5.91 Å². The topological polar surface area (TPSA) is 94.9 Å². The van der Waals surface area contributed by atoms with Crippen molar-refractivity contribution in [3.8, 4) is 11.3 Å². The molecule has 2 aromatic rings. The Hall–Kier alpha value is -3.29. The van der Waals surface area contributed by atoms with Crippen LogP contribution >= 0.6 is 0 Å². The summed E-state index contributed by atoms with van der Waals surface area (Å²) in [5, 5.41) is 5.67. The first-order valence-corrected chi connectivity index (χ1v) is 9.29. The van der Waals surface area contributed by atoms with E-state index in [0.717, 1.165) is 5.56 Å². The fourth-order valence-corrected chi connectivity index (χ4v) is 3.57. The molecule has 0 aliphatic carbocycles. The van der Waals surface area contributed by atoms with Crippen LogP contribution in [0.1, 0.15) is 24.2 Å². The summed E-state index contributed by atoms with van der Waals surface area (Å²) in [4.78, 5) is 41.4. The third-order valence-corrected chi connectivity index (χ3v) is 4.96. The van der Waals surface area contributed by atoms with E-state index in [-0.39, 0.29) is 30.4 Å². The van der Waals surface area contributed by atoms with Gasteiger partial charge in [0.1, 0.15) is 11.8 Å². The molecule has 0 bridgehead atoms. The standard InChI is InChI=1S/C20H22N4O4/c1-12(2)21-20(27)23-7-8-24-16(11-23)18(25)22-15-6-5-13(10-14(15)19(24)26)17-4-3-9-28-17/h3-6,9-10,12,16H,7-8,11H2,1-2H3,(H,21,27)(H,22,25). The molecule has 1 saturated heterocycles. The van der Waals surface area contributed by atoms with E-state index < -0.39 is 6.04 Å². The van der Waals surface area contributed by atoms with E-state index in [1.165, 1.54) is 0 Å². The molecule has 1 unspecified atom stereocenters. The Balaban J connectivity index is 1.62. The second-order valence-electron chi connectivity index (χ2n) is 7.29. The van der Waals surface area contributed by atoms with E-state index in [1.807, 2.05) is 19.9 Å². The molecule has 28 heavy (non-hydrogen) atoms. The van der Waals surface area contributed by atoms with Gasteiger partial charge in [-0.15, -0.1) is 0 Å². The average molecular weight is 382 g/mol. The molecule has 146 valence electrons. The number of nitrogens with one attached hydrogen (secondary N) is 2. The van der Waals surface area contributed by atoms with Crippen LogP contribution in [-0.2, 0) is 4.79 Å². The Morgan fingerprint density at radius 3 is 2.79 bits per heavy atom. The number of hydrogen-bond donors (Lipinski definition) is 2. The minimum absolute atomic E-state index is 0.000557. The molecule has 1 aromatic carbocycles. The molecule has 0 saturated carbocycles. The van der Waals surface area contributed by atoms with E-state index >= 15 is 0 Å². The number of urea groups is 1. The number of carbonyl (C=O) groups is 3. The SMILES string of the molecule is CC(C)NC(=O)N1CCN2C(=O)c3cc(-c4ccco4)ccc3NC(=O)C2C1. The van der Waals surface area contributed by atoms with Gasteiger partial charge in [0.05, 0.1) is 24.1 Å². The van der Waals surface area contributed by atoms with Crippen molar-refractivity contribution in [3.63, 3.8) is 0 Å². The molecule has 0 spiro atoms. The predicted molar refractivity (Wildman–Crippen MR) is 103 cm³/mol. The van der Waals surface area contributed by atoms with Crippen LogP contribution in [-0.4, -0.2) is 59.4 Å². The van der Waals surface area contributed by atoms with E-state index in [9.17, 15) is 14.4 Å². The molecule has 8 heteroatoms. The number of nitrogens with zero attached hydrogens (tertiary/aromatic N) is 2. The summed E-state index contributed by atoms with van der Waals surface area (Å²) in [7, 11) is 0. The number of carbonyl (C=O) groups excluding carboxylic acids is 3. The smallest absolute Gasteiger partial charge is 0.317 e. The zero-order valence-electron chi connectivity index (χ0n) is 15.8. The highest BCUT2D eigenvalue weighted by Gasteiger charge is 2.40. The van der Waals surface area contributed by atoms with Crippen LogP contribution in [0.4, 0.5) is 10.5 Å². The normalized spacial score (nSPS) is 19.0. The van der Waals surface area contributed by atoms with Crippen LogP contribution in [0.25, 0.3) is 11.3 Å². The van der Waals surface area contributed by atoms with Gasteiger partial charge < -0.3 is 24.9 Å². The molecule has 4 amide bonds. The van der Waals surface area contributed by atoms with Crippen molar-refractivity contribution in [1.29, 1.82) is 0 Å². The van der Waals surface area contributed by atoms with Gasteiger partial charge >= 0.3 is 6.03 Å². The molecule has 2 aliphatic heterocycles. The van der Waals surface area contributed by atoms with E-state index in [0.29, 0.717) is 30.1 Å². The molecular weight excluding hydrogens is 360 g/mol. The van der Waals surface area contributed by atoms with E-state index in [1.54, 1.807) is 40.3 Å². The van der Waals surface area contributed by atoms with Gasteiger partial charge in [0.2, 0.25) is 5.91 Å². The zero-order valence-corrected chi connectivity index (χ0v) is 15.8. The van der Waals surface area contributed by atoms with Crippen molar-refractivity contribution in [2.75, 3.05) is 25.0 Å². The lowest BCUT2D eigenvalue weighted by Crippen LogP contribution is -2.61. The number of rotatable bonds is 2. The number of hydrogen-bond acceptors (Lipinski definition) is 4. The number of piperazine rings is 1. The predicted octanol–water partition coefficient (Wildman–Crippen LogP) is 2.14. The molecule has 8 nitrogen and oxygen atoms in total. The number of amides is 4. The summed E-state index contributed by atoms with van der Waals surface area (Å²) < 4.78 is 5.41.